The van der Waals surface area contributed by atoms with Crippen molar-refractivity contribution in [2.45, 2.75) is 19.8 Å². The third-order valence-electron chi connectivity index (χ3n) is 3.67. The van der Waals surface area contributed by atoms with Gasteiger partial charge in [-0.1, -0.05) is 18.2 Å². The first-order valence-corrected chi connectivity index (χ1v) is 7.53. The van der Waals surface area contributed by atoms with Crippen LogP contribution in [0.1, 0.15) is 17.7 Å². The number of hydrogen-bond acceptors (Lipinski definition) is 3. The summed E-state index contributed by atoms with van der Waals surface area (Å²) in [6, 6.07) is 11.5. The first kappa shape index (κ1) is 15.1. The molecule has 0 aliphatic heterocycles. The van der Waals surface area contributed by atoms with Crippen molar-refractivity contribution in [3.8, 4) is 5.75 Å². The van der Waals surface area contributed by atoms with Gasteiger partial charge in [0.15, 0.2) is 0 Å². The van der Waals surface area contributed by atoms with E-state index in [-0.39, 0.29) is 5.91 Å². The summed E-state index contributed by atoms with van der Waals surface area (Å²) in [6.07, 6.45) is 4.85. The third-order valence-corrected chi connectivity index (χ3v) is 3.67. The third kappa shape index (κ3) is 3.51. The molecule has 5 nitrogen and oxygen atoms in total. The van der Waals surface area contributed by atoms with Crippen LogP contribution in [0.3, 0.4) is 0 Å². The summed E-state index contributed by atoms with van der Waals surface area (Å²) in [4.78, 5) is 16.5. The fraction of sp³-hybridized carbons (Fsp3) is 0.222. The van der Waals surface area contributed by atoms with Crippen LogP contribution >= 0.6 is 0 Å². The van der Waals surface area contributed by atoms with E-state index in [1.165, 1.54) is 0 Å². The van der Waals surface area contributed by atoms with Gasteiger partial charge in [-0.3, -0.25) is 4.79 Å². The lowest BCUT2D eigenvalue weighted by Gasteiger charge is -2.09. The highest BCUT2D eigenvalue weighted by atomic mass is 16.5. The molecule has 1 N–H and O–H groups in total. The number of methoxy groups -OCH3 is 1. The van der Waals surface area contributed by atoms with Crippen molar-refractivity contribution in [3.63, 3.8) is 0 Å². The maximum absolute atomic E-state index is 12.1. The smallest absolute Gasteiger partial charge is 0.224 e. The predicted octanol–water partition coefficient (Wildman–Crippen LogP) is 3.22. The standard InChI is InChI=1S/C18H19N3O2/c1-13-11-21-12-15(8-9-17(21)19-13)20-18(22)10-7-14-5-3-4-6-16(14)23-2/h3-6,8-9,11-12H,7,10H2,1-2H3,(H,20,22). The van der Waals surface area contributed by atoms with Crippen LogP contribution in [0, 0.1) is 6.92 Å². The number of benzene rings is 1. The second-order valence-electron chi connectivity index (χ2n) is 5.43. The molecule has 2 aromatic heterocycles. The van der Waals surface area contributed by atoms with Gasteiger partial charge in [0, 0.05) is 18.8 Å². The molecule has 0 unspecified atom stereocenters. The zero-order valence-electron chi connectivity index (χ0n) is 13.2. The normalized spacial score (nSPS) is 10.7. The van der Waals surface area contributed by atoms with Gasteiger partial charge in [-0.2, -0.15) is 0 Å². The molecular formula is C18H19N3O2. The minimum absolute atomic E-state index is 0.0212. The van der Waals surface area contributed by atoms with Crippen molar-refractivity contribution in [3.05, 3.63) is 60.0 Å². The highest BCUT2D eigenvalue weighted by Gasteiger charge is 2.07. The first-order chi connectivity index (χ1) is 11.2. The number of aromatic nitrogens is 2. The summed E-state index contributed by atoms with van der Waals surface area (Å²) in [5.41, 5.74) is 3.62. The maximum atomic E-state index is 12.1. The molecule has 1 amide bonds. The Kier molecular flexibility index (Phi) is 4.28. The Balaban J connectivity index is 1.64. The van der Waals surface area contributed by atoms with E-state index in [9.17, 15) is 4.79 Å². The number of anilines is 1. The second-order valence-corrected chi connectivity index (χ2v) is 5.43. The van der Waals surface area contributed by atoms with E-state index in [4.69, 9.17) is 4.74 Å². The molecule has 118 valence electrons. The van der Waals surface area contributed by atoms with Crippen LogP contribution in [0.5, 0.6) is 5.75 Å². The molecule has 23 heavy (non-hydrogen) atoms. The van der Waals surface area contributed by atoms with Crippen molar-refractivity contribution in [1.29, 1.82) is 0 Å². The van der Waals surface area contributed by atoms with Crippen LogP contribution in [0.15, 0.2) is 48.8 Å². The van der Waals surface area contributed by atoms with Gasteiger partial charge in [-0.15, -0.1) is 0 Å². The Hall–Kier alpha value is -2.82. The molecule has 5 heteroatoms. The largest absolute Gasteiger partial charge is 0.496 e. The molecule has 0 atom stereocenters. The first-order valence-electron chi connectivity index (χ1n) is 7.53. The summed E-state index contributed by atoms with van der Waals surface area (Å²) in [6.45, 7) is 1.94. The minimum Gasteiger partial charge on any atom is -0.496 e. The number of nitrogens with one attached hydrogen (secondary N) is 1. The maximum Gasteiger partial charge on any atom is 0.224 e. The summed E-state index contributed by atoms with van der Waals surface area (Å²) < 4.78 is 7.21. The summed E-state index contributed by atoms with van der Waals surface area (Å²) in [5.74, 6) is 0.794. The lowest BCUT2D eigenvalue weighted by molar-refractivity contribution is -0.116. The molecule has 0 fully saturated rings. The number of pyridine rings is 1. The van der Waals surface area contributed by atoms with Crippen LogP contribution in [0.25, 0.3) is 5.65 Å². The number of carbonyl (C=O) groups is 1. The number of aryl methyl sites for hydroxylation is 2. The lowest BCUT2D eigenvalue weighted by atomic mass is 10.1. The van der Waals surface area contributed by atoms with Crippen molar-refractivity contribution < 1.29 is 9.53 Å². The highest BCUT2D eigenvalue weighted by molar-refractivity contribution is 5.90. The van der Waals surface area contributed by atoms with E-state index in [0.29, 0.717) is 12.8 Å². The fourth-order valence-electron chi connectivity index (χ4n) is 2.57. The molecule has 0 saturated carbocycles. The number of imidazole rings is 1. The molecular weight excluding hydrogens is 290 g/mol. The number of hydrogen-bond donors (Lipinski definition) is 1. The number of fused-ring (bicyclic) bond motifs is 1. The van der Waals surface area contributed by atoms with E-state index in [2.05, 4.69) is 10.3 Å². The Labute approximate surface area is 134 Å². The van der Waals surface area contributed by atoms with Gasteiger partial charge in [-0.05, 0) is 37.1 Å². The molecule has 0 aliphatic carbocycles. The SMILES string of the molecule is COc1ccccc1CCC(=O)Nc1ccc2nc(C)cn2c1. The van der Waals surface area contributed by atoms with E-state index < -0.39 is 0 Å². The highest BCUT2D eigenvalue weighted by Crippen LogP contribution is 2.19. The van der Waals surface area contributed by atoms with Gasteiger partial charge in [0.05, 0.1) is 18.5 Å². The van der Waals surface area contributed by atoms with Crippen molar-refractivity contribution in [2.75, 3.05) is 12.4 Å². The van der Waals surface area contributed by atoms with Crippen LogP contribution < -0.4 is 10.1 Å². The monoisotopic (exact) mass is 309 g/mol. The van der Waals surface area contributed by atoms with Gasteiger partial charge in [0.1, 0.15) is 11.4 Å². The Morgan fingerprint density at radius 1 is 1.22 bits per heavy atom. The average molecular weight is 309 g/mol. The number of ether oxygens (including phenoxy) is 1. The molecule has 0 spiro atoms. The molecule has 0 bridgehead atoms. The van der Waals surface area contributed by atoms with E-state index >= 15 is 0 Å². The van der Waals surface area contributed by atoms with Crippen LogP contribution in [0.4, 0.5) is 5.69 Å². The van der Waals surface area contributed by atoms with Gasteiger partial charge >= 0.3 is 0 Å². The van der Waals surface area contributed by atoms with E-state index in [1.54, 1.807) is 7.11 Å². The summed E-state index contributed by atoms with van der Waals surface area (Å²) in [7, 11) is 1.64. The molecule has 0 saturated heterocycles. The summed E-state index contributed by atoms with van der Waals surface area (Å²) >= 11 is 0. The van der Waals surface area contributed by atoms with Crippen molar-refractivity contribution in [1.82, 2.24) is 9.38 Å². The topological polar surface area (TPSA) is 55.6 Å². The van der Waals surface area contributed by atoms with Crippen LogP contribution in [-0.2, 0) is 11.2 Å². The minimum atomic E-state index is -0.0212. The molecule has 3 rings (SSSR count). The van der Waals surface area contributed by atoms with Gasteiger partial charge in [0.25, 0.3) is 0 Å². The second kappa shape index (κ2) is 6.52. The van der Waals surface area contributed by atoms with Crippen LogP contribution in [-0.4, -0.2) is 22.4 Å². The number of rotatable bonds is 5. The quantitative estimate of drug-likeness (QED) is 0.787. The molecule has 0 aliphatic rings. The Morgan fingerprint density at radius 3 is 2.87 bits per heavy atom. The van der Waals surface area contributed by atoms with Crippen molar-refractivity contribution >= 4 is 17.2 Å². The molecule has 1 aromatic carbocycles. The number of para-hydroxylation sites is 1. The molecule has 2 heterocycles. The fourth-order valence-corrected chi connectivity index (χ4v) is 2.57. The van der Waals surface area contributed by atoms with Crippen molar-refractivity contribution in [2.24, 2.45) is 0 Å². The van der Waals surface area contributed by atoms with Crippen LogP contribution in [0.2, 0.25) is 0 Å². The average Bonchev–Trinajstić information content (AvgIpc) is 2.92. The van der Waals surface area contributed by atoms with Gasteiger partial charge in [-0.25, -0.2) is 4.98 Å². The zero-order valence-corrected chi connectivity index (χ0v) is 13.2. The predicted molar refractivity (Wildman–Crippen MR) is 89.9 cm³/mol. The number of amides is 1. The van der Waals surface area contributed by atoms with Gasteiger partial charge in [0.2, 0.25) is 5.91 Å². The molecule has 0 radical (unpaired) electrons. The summed E-state index contributed by atoms with van der Waals surface area (Å²) in [5, 5.41) is 2.92. The van der Waals surface area contributed by atoms with E-state index in [0.717, 1.165) is 28.3 Å². The lowest BCUT2D eigenvalue weighted by Crippen LogP contribution is -2.13. The van der Waals surface area contributed by atoms with E-state index in [1.807, 2.05) is 60.1 Å². The molecule has 3 aromatic rings. The number of carbonyl (C=O) groups excluding carboxylic acids is 1. The number of nitrogens with zero attached hydrogens (tertiary/aromatic N) is 2. The Bertz CT molecular complexity index is 839. The van der Waals surface area contributed by atoms with Gasteiger partial charge < -0.3 is 14.5 Å². The Morgan fingerprint density at radius 2 is 2.04 bits per heavy atom. The zero-order chi connectivity index (χ0) is 16.2.